The number of hydrogen-bond donors (Lipinski definition) is 0. The molecule has 1 aliphatic heterocycles. The Bertz CT molecular complexity index is 1720. The highest BCUT2D eigenvalue weighted by Crippen LogP contribution is 2.80. The highest BCUT2D eigenvalue weighted by atomic mass is 32.3. The Balaban J connectivity index is 1.60. The summed E-state index contributed by atoms with van der Waals surface area (Å²) in [5.74, 6) is 3.84. The molecule has 1 heteroatoms. The van der Waals surface area contributed by atoms with Crippen LogP contribution in [0.1, 0.15) is 87.0 Å². The molecule has 0 spiro atoms. The summed E-state index contributed by atoms with van der Waals surface area (Å²) in [7, 11) is -2.03. The van der Waals surface area contributed by atoms with Gasteiger partial charge in [0, 0.05) is 32.3 Å². The van der Waals surface area contributed by atoms with Crippen LogP contribution in [0.4, 0.5) is 0 Å². The maximum atomic E-state index is 4.14. The fourth-order valence-electron chi connectivity index (χ4n) is 6.74. The molecule has 0 aromatic heterocycles. The van der Waals surface area contributed by atoms with Crippen LogP contribution in [-0.4, -0.2) is 0 Å². The molecule has 0 amide bonds. The Hall–Kier alpha value is -4.51. The van der Waals surface area contributed by atoms with Crippen LogP contribution in [0.2, 0.25) is 0 Å². The van der Waals surface area contributed by atoms with E-state index in [-0.39, 0.29) is 0 Å². The third-order valence-corrected chi connectivity index (χ3v) is 12.5. The monoisotopic (exact) mass is 630 g/mol. The largest absolute Gasteiger partial charge is 0.0928 e. The van der Waals surface area contributed by atoms with Crippen LogP contribution >= 0.6 is 10.0 Å². The van der Waals surface area contributed by atoms with E-state index in [9.17, 15) is 0 Å². The number of rotatable bonds is 13. The van der Waals surface area contributed by atoms with Gasteiger partial charge in [0.2, 0.25) is 0 Å². The quantitative estimate of drug-likeness (QED) is 0.0897. The molecule has 0 fully saturated rings. The number of hydrogen-bond acceptors (Lipinski definition) is 0. The van der Waals surface area contributed by atoms with E-state index in [1.807, 2.05) is 0 Å². The Kier molecular flexibility index (Phi) is 11.3. The lowest BCUT2D eigenvalue weighted by Crippen LogP contribution is -2.03. The molecule has 47 heavy (non-hydrogen) atoms. The van der Waals surface area contributed by atoms with E-state index in [0.717, 1.165) is 12.8 Å². The lowest BCUT2D eigenvalue weighted by atomic mass is 9.89. The van der Waals surface area contributed by atoms with Crippen molar-refractivity contribution in [3.8, 4) is 11.2 Å². The molecular weight excluding hydrogens is 585 g/mol. The van der Waals surface area contributed by atoms with Gasteiger partial charge in [-0.25, -0.2) is 0 Å². The number of unbranched alkanes of at least 4 members (excludes halogenated alkanes) is 8. The zero-order valence-electron chi connectivity index (χ0n) is 27.7. The molecule has 0 N–H and O–H groups in total. The van der Waals surface area contributed by atoms with Crippen molar-refractivity contribution in [3.63, 3.8) is 0 Å². The van der Waals surface area contributed by atoms with Gasteiger partial charge in [0.1, 0.15) is 0 Å². The van der Waals surface area contributed by atoms with Crippen molar-refractivity contribution in [1.82, 2.24) is 0 Å². The predicted octanol–water partition coefficient (Wildman–Crippen LogP) is 13.5. The molecule has 0 bridgehead atoms. The van der Waals surface area contributed by atoms with Gasteiger partial charge in [-0.3, -0.25) is 0 Å². The van der Waals surface area contributed by atoms with Gasteiger partial charge in [-0.05, 0) is 46.1 Å². The molecule has 0 saturated heterocycles. The average Bonchev–Trinajstić information content (AvgIpc) is 3.46. The van der Waals surface area contributed by atoms with E-state index < -0.39 is 10.0 Å². The van der Waals surface area contributed by atoms with Gasteiger partial charge >= 0.3 is 0 Å². The Labute approximate surface area is 284 Å². The average molecular weight is 631 g/mol. The molecule has 1 heterocycles. The van der Waals surface area contributed by atoms with Gasteiger partial charge in [0.05, 0.1) is 0 Å². The first kappa shape index (κ1) is 32.4. The van der Waals surface area contributed by atoms with Gasteiger partial charge in [-0.1, -0.05) is 207 Å². The van der Waals surface area contributed by atoms with Gasteiger partial charge in [-0.15, -0.1) is 0 Å². The van der Waals surface area contributed by atoms with E-state index in [2.05, 4.69) is 170 Å². The van der Waals surface area contributed by atoms with E-state index >= 15 is 0 Å². The first-order chi connectivity index (χ1) is 23.3. The minimum atomic E-state index is -2.03. The summed E-state index contributed by atoms with van der Waals surface area (Å²) in [6, 6.07) is 55.3. The molecule has 5 aromatic carbocycles. The molecule has 5 aromatic rings. The molecule has 0 saturated carbocycles. The summed E-state index contributed by atoms with van der Waals surface area (Å²) in [6.45, 7) is 2.29. The second-order valence-electron chi connectivity index (χ2n) is 12.3. The van der Waals surface area contributed by atoms with E-state index in [1.165, 1.54) is 93.1 Å². The number of benzene rings is 5. The van der Waals surface area contributed by atoms with Gasteiger partial charge in [0.15, 0.2) is 0 Å². The van der Waals surface area contributed by atoms with Crippen molar-refractivity contribution in [2.75, 3.05) is 0 Å². The van der Waals surface area contributed by atoms with Crippen molar-refractivity contribution in [2.45, 2.75) is 69.6 Å². The van der Waals surface area contributed by atoms with E-state index in [1.54, 1.807) is 0 Å². The van der Waals surface area contributed by atoms with Crippen LogP contribution in [0.15, 0.2) is 157 Å². The van der Waals surface area contributed by atoms with Crippen LogP contribution in [-0.2, 0) is 0 Å². The smallest absolute Gasteiger partial charge is 0.0249 e. The van der Waals surface area contributed by atoms with Crippen molar-refractivity contribution < 1.29 is 0 Å². The summed E-state index contributed by atoms with van der Waals surface area (Å²) in [5.41, 5.74) is 7.53. The summed E-state index contributed by atoms with van der Waals surface area (Å²) < 4.78 is 0. The molecule has 0 aliphatic carbocycles. The Morgan fingerprint density at radius 2 is 0.766 bits per heavy atom. The second-order valence-corrected chi connectivity index (χ2v) is 15.0. The first-order valence-corrected chi connectivity index (χ1v) is 19.1. The molecule has 6 rings (SSSR count). The van der Waals surface area contributed by atoms with Gasteiger partial charge in [0.25, 0.3) is 0 Å². The maximum Gasteiger partial charge on any atom is 0.0249 e. The first-order valence-electron chi connectivity index (χ1n) is 17.4. The summed E-state index contributed by atoms with van der Waals surface area (Å²) in [5, 5.41) is 4.14. The third kappa shape index (κ3) is 7.25. The number of allylic oxidation sites excluding steroid dienone is 2. The third-order valence-electron chi connectivity index (χ3n) is 8.99. The van der Waals surface area contributed by atoms with Crippen molar-refractivity contribution in [2.24, 2.45) is 0 Å². The van der Waals surface area contributed by atoms with Gasteiger partial charge in [-0.2, -0.15) is 0 Å². The molecule has 0 radical (unpaired) electrons. The topological polar surface area (TPSA) is 0 Å². The minimum absolute atomic E-state index is 0.919. The zero-order valence-corrected chi connectivity index (χ0v) is 28.5. The van der Waals surface area contributed by atoms with Gasteiger partial charge < -0.3 is 0 Å². The summed E-state index contributed by atoms with van der Waals surface area (Å²) in [4.78, 5) is 3.98. The maximum absolute atomic E-state index is 4.14. The van der Waals surface area contributed by atoms with E-state index in [4.69, 9.17) is 0 Å². The Morgan fingerprint density at radius 3 is 1.19 bits per heavy atom. The molecule has 236 valence electrons. The molecule has 0 atom stereocenters. The fraction of sp³-hybridized carbons (Fsp3) is 0.217. The van der Waals surface area contributed by atoms with Crippen LogP contribution in [0, 0.1) is 11.2 Å². The Morgan fingerprint density at radius 1 is 0.404 bits per heavy atom. The predicted molar refractivity (Wildman–Crippen MR) is 207 cm³/mol. The van der Waals surface area contributed by atoms with Crippen LogP contribution in [0.25, 0.3) is 21.0 Å². The zero-order chi connectivity index (χ0) is 32.2. The standard InChI is InChI=1S/C46H46S/c1-2-3-4-5-6-7-8-9-10-26-37-47(42-35-24-15-25-36-42)45(40-31-20-13-21-32-40)43(38-27-16-11-17-28-38)44(39-29-18-12-19-30-39)46(47)41-33-22-14-23-34-41/h11-25,27-36H,2-10H2,1H3. The van der Waals surface area contributed by atoms with E-state index in [0.29, 0.717) is 0 Å². The lowest BCUT2D eigenvalue weighted by molar-refractivity contribution is 0.579. The molecule has 0 nitrogen and oxygen atoms in total. The summed E-state index contributed by atoms with van der Waals surface area (Å²) >= 11 is 0. The van der Waals surface area contributed by atoms with Crippen LogP contribution in [0.3, 0.4) is 0 Å². The molecule has 1 aliphatic rings. The molecule has 0 unspecified atom stereocenters. The van der Waals surface area contributed by atoms with Crippen molar-refractivity contribution >= 4 is 31.0 Å². The van der Waals surface area contributed by atoms with Crippen molar-refractivity contribution in [3.05, 3.63) is 174 Å². The highest BCUT2D eigenvalue weighted by Gasteiger charge is 2.45. The molecular formula is C46H46S. The summed E-state index contributed by atoms with van der Waals surface area (Å²) in [6.07, 6.45) is 11.4. The SMILES string of the molecule is CCCCCCCCCCC#CS1(c2ccccc2)C(c2ccccc2)=C(c2ccccc2)C(c2ccccc2)=C1c1ccccc1. The fourth-order valence-corrected chi connectivity index (χ4v) is 10.7. The lowest BCUT2D eigenvalue weighted by Gasteiger charge is -2.38. The normalized spacial score (nSPS) is 14.5. The highest BCUT2D eigenvalue weighted by molar-refractivity contribution is 8.51. The van der Waals surface area contributed by atoms with Crippen molar-refractivity contribution in [1.29, 1.82) is 0 Å². The van der Waals surface area contributed by atoms with Crippen LogP contribution < -0.4 is 0 Å². The second kappa shape index (κ2) is 16.4. The minimum Gasteiger partial charge on any atom is -0.0928 e. The van der Waals surface area contributed by atoms with Crippen LogP contribution in [0.5, 0.6) is 0 Å².